The molecule has 1 fully saturated rings. The van der Waals surface area contributed by atoms with Gasteiger partial charge in [-0.1, -0.05) is 6.92 Å². The van der Waals surface area contributed by atoms with Crippen molar-refractivity contribution in [2.75, 3.05) is 18.1 Å². The fraction of sp³-hybridized carbons (Fsp3) is 1.00. The molecule has 14 heavy (non-hydrogen) atoms. The molecular weight excluding hydrogens is 202 g/mol. The minimum atomic E-state index is -2.84. The molecule has 84 valence electrons. The first-order chi connectivity index (χ1) is 6.35. The monoisotopic (exact) mass is 221 g/mol. The van der Waals surface area contributed by atoms with Gasteiger partial charge in [0.2, 0.25) is 0 Å². The highest BCUT2D eigenvalue weighted by Gasteiger charge is 2.30. The fourth-order valence-electron chi connectivity index (χ4n) is 1.30. The van der Waals surface area contributed by atoms with Gasteiger partial charge in [0.25, 0.3) is 0 Å². The maximum atomic E-state index is 11.1. The molecule has 0 bridgehead atoms. The summed E-state index contributed by atoms with van der Waals surface area (Å²) in [6.07, 6.45) is 1.30. The standard InChI is InChI=1S/C9H19NO3S/c1-3-9(2,10)7-13-8-4-5-14(11,12)6-8/h8H,3-7,10H2,1-2H3. The van der Waals surface area contributed by atoms with E-state index >= 15 is 0 Å². The first-order valence-corrected chi connectivity index (χ1v) is 6.78. The molecule has 2 N–H and O–H groups in total. The van der Waals surface area contributed by atoms with Gasteiger partial charge >= 0.3 is 0 Å². The van der Waals surface area contributed by atoms with Crippen molar-refractivity contribution in [2.24, 2.45) is 5.73 Å². The molecule has 0 spiro atoms. The fourth-order valence-corrected chi connectivity index (χ4v) is 2.92. The van der Waals surface area contributed by atoms with Gasteiger partial charge in [0, 0.05) is 5.54 Å². The molecule has 5 heteroatoms. The Hall–Kier alpha value is -0.130. The van der Waals surface area contributed by atoms with E-state index in [2.05, 4.69) is 0 Å². The molecular formula is C9H19NO3S. The lowest BCUT2D eigenvalue weighted by Gasteiger charge is -2.24. The molecule has 4 nitrogen and oxygen atoms in total. The predicted molar refractivity (Wildman–Crippen MR) is 55.9 cm³/mol. The second-order valence-electron chi connectivity index (χ2n) is 4.34. The smallest absolute Gasteiger partial charge is 0.152 e. The molecule has 0 aromatic heterocycles. The Balaban J connectivity index is 2.34. The lowest BCUT2D eigenvalue weighted by atomic mass is 10.0. The van der Waals surface area contributed by atoms with Gasteiger partial charge in [-0.25, -0.2) is 8.42 Å². The zero-order valence-electron chi connectivity index (χ0n) is 8.82. The van der Waals surface area contributed by atoms with Crippen LogP contribution in [0.2, 0.25) is 0 Å². The minimum absolute atomic E-state index is 0.144. The van der Waals surface area contributed by atoms with Crippen LogP contribution in [0.1, 0.15) is 26.7 Å². The van der Waals surface area contributed by atoms with Crippen molar-refractivity contribution < 1.29 is 13.2 Å². The zero-order valence-corrected chi connectivity index (χ0v) is 9.64. The van der Waals surface area contributed by atoms with Gasteiger partial charge in [-0.3, -0.25) is 0 Å². The molecule has 1 rings (SSSR count). The van der Waals surface area contributed by atoms with Crippen LogP contribution in [-0.2, 0) is 14.6 Å². The number of nitrogens with two attached hydrogens (primary N) is 1. The molecule has 0 aromatic carbocycles. The summed E-state index contributed by atoms with van der Waals surface area (Å²) in [4.78, 5) is 0. The number of rotatable bonds is 4. The van der Waals surface area contributed by atoms with Crippen molar-refractivity contribution in [3.63, 3.8) is 0 Å². The highest BCUT2D eigenvalue weighted by Crippen LogP contribution is 2.16. The second-order valence-corrected chi connectivity index (χ2v) is 6.57. The summed E-state index contributed by atoms with van der Waals surface area (Å²) in [5, 5.41) is 0. The molecule has 1 aliphatic rings. The maximum Gasteiger partial charge on any atom is 0.152 e. The van der Waals surface area contributed by atoms with E-state index in [1.807, 2.05) is 13.8 Å². The van der Waals surface area contributed by atoms with Gasteiger partial charge in [-0.2, -0.15) is 0 Å². The van der Waals surface area contributed by atoms with Crippen LogP contribution in [0, 0.1) is 0 Å². The van der Waals surface area contributed by atoms with Crippen LogP contribution in [0.3, 0.4) is 0 Å². The molecule has 0 amide bonds. The Bertz CT molecular complexity index is 284. The minimum Gasteiger partial charge on any atom is -0.375 e. The molecule has 1 aliphatic heterocycles. The van der Waals surface area contributed by atoms with E-state index in [0.29, 0.717) is 13.0 Å². The van der Waals surface area contributed by atoms with Crippen LogP contribution in [0.5, 0.6) is 0 Å². The Morgan fingerprint density at radius 3 is 2.64 bits per heavy atom. The number of sulfone groups is 1. The van der Waals surface area contributed by atoms with E-state index in [1.54, 1.807) is 0 Å². The summed E-state index contributed by atoms with van der Waals surface area (Å²) >= 11 is 0. The van der Waals surface area contributed by atoms with E-state index in [9.17, 15) is 8.42 Å². The van der Waals surface area contributed by atoms with E-state index in [1.165, 1.54) is 0 Å². The van der Waals surface area contributed by atoms with Gasteiger partial charge in [0.05, 0.1) is 24.2 Å². The third-order valence-corrected chi connectivity index (χ3v) is 4.38. The molecule has 2 atom stereocenters. The first-order valence-electron chi connectivity index (χ1n) is 4.95. The maximum absolute atomic E-state index is 11.1. The average Bonchev–Trinajstić information content (AvgIpc) is 2.43. The van der Waals surface area contributed by atoms with Crippen molar-refractivity contribution in [2.45, 2.75) is 38.3 Å². The van der Waals surface area contributed by atoms with Crippen molar-refractivity contribution >= 4 is 9.84 Å². The highest BCUT2D eigenvalue weighted by molar-refractivity contribution is 7.91. The van der Waals surface area contributed by atoms with Crippen molar-refractivity contribution in [1.29, 1.82) is 0 Å². The molecule has 0 aliphatic carbocycles. The van der Waals surface area contributed by atoms with Gasteiger partial charge in [-0.05, 0) is 19.8 Å². The summed E-state index contributed by atoms with van der Waals surface area (Å²) in [5.74, 6) is 0.415. The van der Waals surface area contributed by atoms with Crippen molar-refractivity contribution in [3.8, 4) is 0 Å². The number of ether oxygens (including phenoxy) is 1. The van der Waals surface area contributed by atoms with Gasteiger partial charge in [0.15, 0.2) is 9.84 Å². The molecule has 0 aromatic rings. The Labute approximate surface area is 85.7 Å². The third-order valence-electron chi connectivity index (χ3n) is 2.65. The molecule has 0 radical (unpaired) electrons. The predicted octanol–water partition coefficient (Wildman–Crippen LogP) is 0.317. The molecule has 1 heterocycles. The first kappa shape index (κ1) is 11.9. The summed E-state index contributed by atoms with van der Waals surface area (Å²) in [6, 6.07) is 0. The van der Waals surface area contributed by atoms with Crippen LogP contribution in [0.25, 0.3) is 0 Å². The number of hydrogen-bond donors (Lipinski definition) is 1. The van der Waals surface area contributed by atoms with E-state index in [0.717, 1.165) is 6.42 Å². The van der Waals surface area contributed by atoms with Crippen LogP contribution >= 0.6 is 0 Å². The quantitative estimate of drug-likeness (QED) is 0.742. The lowest BCUT2D eigenvalue weighted by molar-refractivity contribution is 0.0375. The van der Waals surface area contributed by atoms with E-state index < -0.39 is 9.84 Å². The largest absolute Gasteiger partial charge is 0.375 e. The summed E-state index contributed by atoms with van der Waals surface area (Å²) in [6.45, 7) is 4.34. The molecule has 1 saturated heterocycles. The normalized spacial score (nSPS) is 30.1. The summed E-state index contributed by atoms with van der Waals surface area (Å²) in [5.41, 5.74) is 5.55. The van der Waals surface area contributed by atoms with Crippen LogP contribution in [0.15, 0.2) is 0 Å². The Kier molecular flexibility index (Phi) is 3.55. The van der Waals surface area contributed by atoms with E-state index in [4.69, 9.17) is 10.5 Å². The van der Waals surface area contributed by atoms with Crippen molar-refractivity contribution in [1.82, 2.24) is 0 Å². The zero-order chi connectivity index (χ0) is 10.8. The van der Waals surface area contributed by atoms with Gasteiger partial charge in [-0.15, -0.1) is 0 Å². The Morgan fingerprint density at radius 2 is 2.21 bits per heavy atom. The average molecular weight is 221 g/mol. The highest BCUT2D eigenvalue weighted by atomic mass is 32.2. The Morgan fingerprint density at radius 1 is 1.57 bits per heavy atom. The topological polar surface area (TPSA) is 69.4 Å². The van der Waals surface area contributed by atoms with Gasteiger partial charge < -0.3 is 10.5 Å². The van der Waals surface area contributed by atoms with Gasteiger partial charge in [0.1, 0.15) is 0 Å². The SMILES string of the molecule is CCC(C)(N)COC1CCS(=O)(=O)C1. The summed E-state index contributed by atoms with van der Waals surface area (Å²) in [7, 11) is -2.84. The molecule has 0 saturated carbocycles. The third kappa shape index (κ3) is 3.55. The van der Waals surface area contributed by atoms with Crippen LogP contribution < -0.4 is 5.73 Å². The van der Waals surface area contributed by atoms with E-state index in [-0.39, 0.29) is 23.1 Å². The van der Waals surface area contributed by atoms with Crippen LogP contribution in [0.4, 0.5) is 0 Å². The van der Waals surface area contributed by atoms with Crippen molar-refractivity contribution in [3.05, 3.63) is 0 Å². The van der Waals surface area contributed by atoms with Crippen LogP contribution in [-0.4, -0.2) is 38.2 Å². The molecule has 2 unspecified atom stereocenters. The lowest BCUT2D eigenvalue weighted by Crippen LogP contribution is -2.41. The summed E-state index contributed by atoms with van der Waals surface area (Å²) < 4.78 is 27.7. The number of hydrogen-bond acceptors (Lipinski definition) is 4. The second kappa shape index (κ2) is 4.16.